The second-order valence-electron chi connectivity index (χ2n) is 3.92. The van der Waals surface area contributed by atoms with Crippen molar-refractivity contribution in [1.82, 2.24) is 4.98 Å². The molecule has 5 nitrogen and oxygen atoms in total. The lowest BCUT2D eigenvalue weighted by Crippen LogP contribution is -2.11. The van der Waals surface area contributed by atoms with Crippen LogP contribution in [0.1, 0.15) is 21.6 Å². The third-order valence-corrected chi connectivity index (χ3v) is 2.63. The molecule has 0 saturated carbocycles. The van der Waals surface area contributed by atoms with Crippen LogP contribution in [0.3, 0.4) is 0 Å². The smallest absolute Gasteiger partial charge is 0.248 e. The Morgan fingerprint density at radius 3 is 2.95 bits per heavy atom. The number of pyridine rings is 1. The first-order chi connectivity index (χ1) is 9.20. The predicted octanol–water partition coefficient (Wildman–Crippen LogP) is 1.66. The number of nitriles is 1. The molecule has 3 N–H and O–H groups in total. The molecule has 1 aromatic heterocycles. The molecule has 5 heteroatoms. The van der Waals surface area contributed by atoms with Crippen LogP contribution in [0.25, 0.3) is 0 Å². The van der Waals surface area contributed by atoms with Gasteiger partial charge in [-0.2, -0.15) is 5.26 Å². The van der Waals surface area contributed by atoms with Crippen molar-refractivity contribution in [3.05, 3.63) is 59.4 Å². The van der Waals surface area contributed by atoms with E-state index in [2.05, 4.69) is 10.3 Å². The number of hydrogen-bond donors (Lipinski definition) is 2. The molecule has 0 bridgehead atoms. The van der Waals surface area contributed by atoms with Gasteiger partial charge in [0.1, 0.15) is 11.8 Å². The molecule has 0 spiro atoms. The van der Waals surface area contributed by atoms with Crippen LogP contribution in [0.2, 0.25) is 0 Å². The molecule has 0 saturated heterocycles. The molecule has 1 amide bonds. The molecular formula is C14H12N4O. The van der Waals surface area contributed by atoms with Crippen LogP contribution in [-0.4, -0.2) is 10.9 Å². The average molecular weight is 252 g/mol. The second kappa shape index (κ2) is 5.65. The Hall–Kier alpha value is -2.87. The average Bonchev–Trinajstić information content (AvgIpc) is 2.45. The summed E-state index contributed by atoms with van der Waals surface area (Å²) in [4.78, 5) is 15.0. The van der Waals surface area contributed by atoms with Crippen LogP contribution < -0.4 is 11.1 Å². The van der Waals surface area contributed by atoms with Gasteiger partial charge in [-0.15, -0.1) is 0 Å². The van der Waals surface area contributed by atoms with E-state index in [-0.39, 0.29) is 0 Å². The zero-order valence-electron chi connectivity index (χ0n) is 10.1. The van der Waals surface area contributed by atoms with Gasteiger partial charge in [0.2, 0.25) is 5.91 Å². The van der Waals surface area contributed by atoms with Gasteiger partial charge in [0.25, 0.3) is 0 Å². The number of nitrogens with zero attached hydrogens (tertiary/aromatic N) is 2. The lowest BCUT2D eigenvalue weighted by atomic mass is 10.1. The van der Waals surface area contributed by atoms with E-state index in [9.17, 15) is 4.79 Å². The fourth-order valence-corrected chi connectivity index (χ4v) is 1.66. The number of carbonyl (C=O) groups is 1. The van der Waals surface area contributed by atoms with Gasteiger partial charge in [-0.3, -0.25) is 4.79 Å². The number of nitrogens with one attached hydrogen (secondary N) is 1. The van der Waals surface area contributed by atoms with Gasteiger partial charge in [-0.1, -0.05) is 12.1 Å². The number of benzene rings is 1. The van der Waals surface area contributed by atoms with Gasteiger partial charge in [0.05, 0.1) is 0 Å². The normalized spacial score (nSPS) is 9.63. The van der Waals surface area contributed by atoms with Crippen LogP contribution in [0, 0.1) is 11.3 Å². The molecule has 0 aliphatic rings. The highest BCUT2D eigenvalue weighted by atomic mass is 16.1. The molecule has 1 aromatic carbocycles. The van der Waals surface area contributed by atoms with Crippen LogP contribution in [0.15, 0.2) is 42.6 Å². The van der Waals surface area contributed by atoms with Crippen molar-refractivity contribution in [1.29, 1.82) is 5.26 Å². The summed E-state index contributed by atoms with van der Waals surface area (Å²) < 4.78 is 0. The Morgan fingerprint density at radius 2 is 2.21 bits per heavy atom. The number of aromatic nitrogens is 1. The zero-order valence-corrected chi connectivity index (χ0v) is 10.1. The van der Waals surface area contributed by atoms with Gasteiger partial charge in [0, 0.05) is 29.6 Å². The predicted molar refractivity (Wildman–Crippen MR) is 71.2 cm³/mol. The Kier molecular flexibility index (Phi) is 3.74. The van der Waals surface area contributed by atoms with Crippen LogP contribution >= 0.6 is 0 Å². The summed E-state index contributed by atoms with van der Waals surface area (Å²) in [5, 5.41) is 12.1. The molecule has 0 radical (unpaired) electrons. The van der Waals surface area contributed by atoms with Crippen molar-refractivity contribution in [2.75, 3.05) is 5.32 Å². The topological polar surface area (TPSA) is 91.8 Å². The minimum atomic E-state index is -0.470. The van der Waals surface area contributed by atoms with Crippen molar-refractivity contribution in [3.8, 4) is 6.07 Å². The van der Waals surface area contributed by atoms with E-state index in [0.717, 1.165) is 11.3 Å². The fraction of sp³-hybridized carbons (Fsp3) is 0.0714. The number of amides is 1. The molecule has 0 unspecified atom stereocenters. The monoisotopic (exact) mass is 252 g/mol. The van der Waals surface area contributed by atoms with Gasteiger partial charge in [-0.05, 0) is 24.3 Å². The van der Waals surface area contributed by atoms with Crippen molar-refractivity contribution in [2.45, 2.75) is 6.54 Å². The summed E-state index contributed by atoms with van der Waals surface area (Å²) in [5.74, 6) is -0.470. The maximum absolute atomic E-state index is 11.1. The number of rotatable bonds is 4. The third-order valence-electron chi connectivity index (χ3n) is 2.63. The Labute approximate surface area is 110 Å². The van der Waals surface area contributed by atoms with Crippen LogP contribution in [0.5, 0.6) is 0 Å². The first-order valence-electron chi connectivity index (χ1n) is 5.68. The number of nitrogens with two attached hydrogens (primary N) is 1. The Morgan fingerprint density at radius 1 is 1.37 bits per heavy atom. The molecule has 1 heterocycles. The zero-order chi connectivity index (χ0) is 13.7. The third kappa shape index (κ3) is 3.07. The number of anilines is 1. The quantitative estimate of drug-likeness (QED) is 0.865. The molecule has 0 aliphatic heterocycles. The summed E-state index contributed by atoms with van der Waals surface area (Å²) in [7, 11) is 0. The van der Waals surface area contributed by atoms with E-state index >= 15 is 0 Å². The summed E-state index contributed by atoms with van der Waals surface area (Å²) in [5.41, 5.74) is 7.62. The van der Waals surface area contributed by atoms with Crippen LogP contribution in [0.4, 0.5) is 5.69 Å². The first kappa shape index (κ1) is 12.6. The van der Waals surface area contributed by atoms with E-state index in [1.54, 1.807) is 30.5 Å². The highest BCUT2D eigenvalue weighted by Gasteiger charge is 2.04. The SMILES string of the molecule is N#Cc1ncccc1CNc1cccc(C(N)=O)c1. The van der Waals surface area contributed by atoms with E-state index in [1.807, 2.05) is 18.2 Å². The minimum absolute atomic E-state index is 0.390. The Balaban J connectivity index is 2.13. The second-order valence-corrected chi connectivity index (χ2v) is 3.92. The van der Waals surface area contributed by atoms with Gasteiger partial charge in [0.15, 0.2) is 0 Å². The standard InChI is InChI=1S/C14H12N4O/c15-8-13-11(4-2-6-17-13)9-18-12-5-1-3-10(7-12)14(16)19/h1-7,18H,9H2,(H2,16,19). The molecule has 0 fully saturated rings. The van der Waals surface area contributed by atoms with E-state index in [1.165, 1.54) is 0 Å². The fourth-order valence-electron chi connectivity index (χ4n) is 1.66. The lowest BCUT2D eigenvalue weighted by molar-refractivity contribution is 0.100. The maximum Gasteiger partial charge on any atom is 0.248 e. The maximum atomic E-state index is 11.1. The number of primary amides is 1. The Bertz CT molecular complexity index is 646. The molecule has 2 rings (SSSR count). The highest BCUT2D eigenvalue weighted by molar-refractivity contribution is 5.93. The molecule has 0 aliphatic carbocycles. The molecule has 19 heavy (non-hydrogen) atoms. The van der Waals surface area contributed by atoms with E-state index in [4.69, 9.17) is 11.0 Å². The van der Waals surface area contributed by atoms with E-state index < -0.39 is 5.91 Å². The van der Waals surface area contributed by atoms with Crippen molar-refractivity contribution in [3.63, 3.8) is 0 Å². The van der Waals surface area contributed by atoms with Crippen LogP contribution in [-0.2, 0) is 6.54 Å². The number of hydrogen-bond acceptors (Lipinski definition) is 4. The minimum Gasteiger partial charge on any atom is -0.381 e. The number of carbonyl (C=O) groups excluding carboxylic acids is 1. The highest BCUT2D eigenvalue weighted by Crippen LogP contribution is 2.13. The first-order valence-corrected chi connectivity index (χ1v) is 5.68. The van der Waals surface area contributed by atoms with Crippen molar-refractivity contribution in [2.24, 2.45) is 5.73 Å². The van der Waals surface area contributed by atoms with Crippen molar-refractivity contribution >= 4 is 11.6 Å². The lowest BCUT2D eigenvalue weighted by Gasteiger charge is -2.08. The van der Waals surface area contributed by atoms with Gasteiger partial charge < -0.3 is 11.1 Å². The summed E-state index contributed by atoms with van der Waals surface area (Å²) in [6, 6.07) is 12.5. The molecule has 94 valence electrons. The summed E-state index contributed by atoms with van der Waals surface area (Å²) >= 11 is 0. The molecule has 2 aromatic rings. The summed E-state index contributed by atoms with van der Waals surface area (Å²) in [6.45, 7) is 0.457. The summed E-state index contributed by atoms with van der Waals surface area (Å²) in [6.07, 6.45) is 1.58. The van der Waals surface area contributed by atoms with Crippen molar-refractivity contribution < 1.29 is 4.79 Å². The van der Waals surface area contributed by atoms with Gasteiger partial charge >= 0.3 is 0 Å². The van der Waals surface area contributed by atoms with Gasteiger partial charge in [-0.25, -0.2) is 4.98 Å². The molecule has 0 atom stereocenters. The van der Waals surface area contributed by atoms with E-state index in [0.29, 0.717) is 17.8 Å². The molecular weight excluding hydrogens is 240 g/mol. The largest absolute Gasteiger partial charge is 0.381 e.